The Morgan fingerprint density at radius 1 is 1.08 bits per heavy atom. The standard InChI is InChI=1S/C15H16N8O2/c1-11-6-12(20-25-11)15(24)22-4-2-21(3-5-22)13-7-14(18-9-17-13)23-10-16-8-19-23/h6-10H,2-5H2,1H3. The Kier molecular flexibility index (Phi) is 3.84. The first-order valence-corrected chi connectivity index (χ1v) is 7.85. The number of carbonyl (C=O) groups excluding carboxylic acids is 1. The number of hydrogen-bond donors (Lipinski definition) is 0. The minimum Gasteiger partial charge on any atom is -0.361 e. The molecule has 1 fully saturated rings. The molecule has 10 nitrogen and oxygen atoms in total. The quantitative estimate of drug-likeness (QED) is 0.671. The second-order valence-electron chi connectivity index (χ2n) is 5.68. The highest BCUT2D eigenvalue weighted by Gasteiger charge is 2.25. The minimum atomic E-state index is -0.109. The maximum absolute atomic E-state index is 12.4. The van der Waals surface area contributed by atoms with E-state index >= 15 is 0 Å². The Balaban J connectivity index is 1.44. The Labute approximate surface area is 143 Å². The third-order valence-corrected chi connectivity index (χ3v) is 4.03. The summed E-state index contributed by atoms with van der Waals surface area (Å²) in [6.45, 7) is 4.30. The summed E-state index contributed by atoms with van der Waals surface area (Å²) in [7, 11) is 0. The van der Waals surface area contributed by atoms with E-state index in [2.05, 4.69) is 30.1 Å². The number of amides is 1. The van der Waals surface area contributed by atoms with E-state index in [0.29, 0.717) is 43.5 Å². The second kappa shape index (κ2) is 6.30. The largest absolute Gasteiger partial charge is 0.361 e. The Morgan fingerprint density at radius 2 is 1.88 bits per heavy atom. The highest BCUT2D eigenvalue weighted by Crippen LogP contribution is 2.16. The van der Waals surface area contributed by atoms with E-state index in [1.165, 1.54) is 12.7 Å². The van der Waals surface area contributed by atoms with Crippen LogP contribution in [0.4, 0.5) is 5.82 Å². The summed E-state index contributed by atoms with van der Waals surface area (Å²) < 4.78 is 6.56. The molecule has 0 bridgehead atoms. The minimum absolute atomic E-state index is 0.109. The van der Waals surface area contributed by atoms with E-state index < -0.39 is 0 Å². The van der Waals surface area contributed by atoms with Gasteiger partial charge in [0.1, 0.15) is 30.6 Å². The first-order valence-electron chi connectivity index (χ1n) is 7.85. The van der Waals surface area contributed by atoms with Crippen LogP contribution in [0.25, 0.3) is 5.82 Å². The molecule has 0 saturated carbocycles. The van der Waals surface area contributed by atoms with E-state index in [1.54, 1.807) is 28.9 Å². The van der Waals surface area contributed by atoms with Crippen molar-refractivity contribution in [1.29, 1.82) is 0 Å². The van der Waals surface area contributed by atoms with Gasteiger partial charge in [-0.1, -0.05) is 5.16 Å². The summed E-state index contributed by atoms with van der Waals surface area (Å²) in [5.74, 6) is 1.97. The summed E-state index contributed by atoms with van der Waals surface area (Å²) in [6, 6.07) is 3.51. The molecule has 25 heavy (non-hydrogen) atoms. The lowest BCUT2D eigenvalue weighted by molar-refractivity contribution is 0.0736. The Bertz CT molecular complexity index is 867. The van der Waals surface area contributed by atoms with Crippen molar-refractivity contribution in [2.24, 2.45) is 0 Å². The number of rotatable bonds is 3. The molecule has 0 aliphatic carbocycles. The van der Waals surface area contributed by atoms with Gasteiger partial charge >= 0.3 is 0 Å². The molecule has 1 amide bonds. The highest BCUT2D eigenvalue weighted by molar-refractivity contribution is 5.92. The van der Waals surface area contributed by atoms with E-state index in [4.69, 9.17) is 4.52 Å². The van der Waals surface area contributed by atoms with Crippen molar-refractivity contribution in [3.63, 3.8) is 0 Å². The molecule has 3 aromatic rings. The van der Waals surface area contributed by atoms with Crippen LogP contribution < -0.4 is 4.90 Å². The predicted octanol–water partition coefficient (Wildman–Crippen LogP) is 0.316. The number of carbonyl (C=O) groups is 1. The van der Waals surface area contributed by atoms with E-state index in [0.717, 1.165) is 5.82 Å². The van der Waals surface area contributed by atoms with E-state index in [-0.39, 0.29) is 5.91 Å². The third kappa shape index (κ3) is 3.05. The van der Waals surface area contributed by atoms with Crippen LogP contribution >= 0.6 is 0 Å². The molecule has 0 aromatic carbocycles. The zero-order valence-electron chi connectivity index (χ0n) is 13.6. The molecule has 0 spiro atoms. The molecule has 10 heteroatoms. The Hall–Kier alpha value is -3.30. The number of anilines is 1. The van der Waals surface area contributed by atoms with Crippen LogP contribution in [0, 0.1) is 6.92 Å². The van der Waals surface area contributed by atoms with Crippen LogP contribution in [0.1, 0.15) is 16.2 Å². The maximum atomic E-state index is 12.4. The molecule has 0 unspecified atom stereocenters. The predicted molar refractivity (Wildman–Crippen MR) is 86.3 cm³/mol. The molecule has 4 heterocycles. The van der Waals surface area contributed by atoms with E-state index in [9.17, 15) is 4.79 Å². The fourth-order valence-corrected chi connectivity index (χ4v) is 2.73. The van der Waals surface area contributed by atoms with Crippen molar-refractivity contribution in [3.05, 3.63) is 42.6 Å². The Morgan fingerprint density at radius 3 is 2.56 bits per heavy atom. The van der Waals surface area contributed by atoms with Crippen LogP contribution in [0.5, 0.6) is 0 Å². The molecule has 128 valence electrons. The van der Waals surface area contributed by atoms with Gasteiger partial charge in [0.2, 0.25) is 0 Å². The first-order chi connectivity index (χ1) is 12.2. The number of aryl methyl sites for hydroxylation is 1. The summed E-state index contributed by atoms with van der Waals surface area (Å²) in [5.41, 5.74) is 0.349. The smallest absolute Gasteiger partial charge is 0.276 e. The maximum Gasteiger partial charge on any atom is 0.276 e. The molecule has 4 rings (SSSR count). The van der Waals surface area contributed by atoms with Crippen molar-refractivity contribution >= 4 is 11.7 Å². The molecule has 3 aromatic heterocycles. The van der Waals surface area contributed by atoms with Gasteiger partial charge in [-0.2, -0.15) is 5.10 Å². The summed E-state index contributed by atoms with van der Waals surface area (Å²) >= 11 is 0. The SMILES string of the molecule is Cc1cc(C(=O)N2CCN(c3cc(-n4cncn4)ncn3)CC2)no1. The van der Waals surface area contributed by atoms with Gasteiger partial charge in [0.05, 0.1) is 0 Å². The zero-order chi connectivity index (χ0) is 17.2. The van der Waals surface area contributed by atoms with Gasteiger partial charge in [0, 0.05) is 38.3 Å². The summed E-state index contributed by atoms with van der Waals surface area (Å²) in [6.07, 6.45) is 4.54. The zero-order valence-corrected chi connectivity index (χ0v) is 13.6. The monoisotopic (exact) mass is 340 g/mol. The van der Waals surface area contributed by atoms with Crippen LogP contribution in [0.15, 0.2) is 35.6 Å². The third-order valence-electron chi connectivity index (χ3n) is 4.03. The van der Waals surface area contributed by atoms with Crippen LogP contribution in [0.2, 0.25) is 0 Å². The lowest BCUT2D eigenvalue weighted by atomic mass is 10.2. The summed E-state index contributed by atoms with van der Waals surface area (Å²) in [4.78, 5) is 28.7. The van der Waals surface area contributed by atoms with Gasteiger partial charge < -0.3 is 14.3 Å². The first kappa shape index (κ1) is 15.2. The number of piperazine rings is 1. The molecule has 1 saturated heterocycles. The highest BCUT2D eigenvalue weighted by atomic mass is 16.5. The van der Waals surface area contributed by atoms with Crippen molar-refractivity contribution in [2.75, 3.05) is 31.1 Å². The van der Waals surface area contributed by atoms with Crippen molar-refractivity contribution in [2.45, 2.75) is 6.92 Å². The molecular weight excluding hydrogens is 324 g/mol. The normalized spacial score (nSPS) is 14.8. The average molecular weight is 340 g/mol. The summed E-state index contributed by atoms with van der Waals surface area (Å²) in [5, 5.41) is 7.86. The lowest BCUT2D eigenvalue weighted by Crippen LogP contribution is -2.49. The molecule has 0 atom stereocenters. The van der Waals surface area contributed by atoms with Gasteiger partial charge in [0.25, 0.3) is 5.91 Å². The number of nitrogens with zero attached hydrogens (tertiary/aromatic N) is 8. The van der Waals surface area contributed by atoms with Gasteiger partial charge in [-0.15, -0.1) is 0 Å². The second-order valence-corrected chi connectivity index (χ2v) is 5.68. The topological polar surface area (TPSA) is 106 Å². The molecule has 0 N–H and O–H groups in total. The number of hydrogen-bond acceptors (Lipinski definition) is 8. The molecular formula is C15H16N8O2. The van der Waals surface area contributed by atoms with Crippen LogP contribution in [-0.4, -0.2) is 66.9 Å². The molecule has 1 aliphatic rings. The van der Waals surface area contributed by atoms with Gasteiger partial charge in [-0.25, -0.2) is 19.6 Å². The van der Waals surface area contributed by atoms with Crippen LogP contribution in [-0.2, 0) is 0 Å². The van der Waals surface area contributed by atoms with Gasteiger partial charge in [0.15, 0.2) is 11.5 Å². The van der Waals surface area contributed by atoms with Crippen molar-refractivity contribution in [3.8, 4) is 5.82 Å². The van der Waals surface area contributed by atoms with Crippen LogP contribution in [0.3, 0.4) is 0 Å². The van der Waals surface area contributed by atoms with Crippen molar-refractivity contribution in [1.82, 2.24) is 34.8 Å². The molecule has 1 aliphatic heterocycles. The average Bonchev–Trinajstić information content (AvgIpc) is 3.33. The van der Waals surface area contributed by atoms with E-state index in [1.807, 2.05) is 6.07 Å². The fraction of sp³-hybridized carbons (Fsp3) is 0.333. The van der Waals surface area contributed by atoms with Gasteiger partial charge in [-0.05, 0) is 6.92 Å². The number of aromatic nitrogens is 6. The molecule has 0 radical (unpaired) electrons. The fourth-order valence-electron chi connectivity index (χ4n) is 2.73. The van der Waals surface area contributed by atoms with Crippen molar-refractivity contribution < 1.29 is 9.32 Å². The van der Waals surface area contributed by atoms with Gasteiger partial charge in [-0.3, -0.25) is 4.79 Å². The lowest BCUT2D eigenvalue weighted by Gasteiger charge is -2.35.